The summed E-state index contributed by atoms with van der Waals surface area (Å²) in [5.41, 5.74) is 16.3. The Labute approximate surface area is 168 Å². The molecule has 0 spiro atoms. The Hall–Kier alpha value is -3.71. The second-order valence-electron chi connectivity index (χ2n) is 6.83. The van der Waals surface area contributed by atoms with Crippen LogP contribution in [0.1, 0.15) is 27.2 Å². The number of nitrogens with one attached hydrogen (secondary N) is 2. The number of hydrogen-bond acceptors (Lipinski definition) is 5. The van der Waals surface area contributed by atoms with Crippen molar-refractivity contribution >= 4 is 22.6 Å². The zero-order chi connectivity index (χ0) is 20.4. The fourth-order valence-corrected chi connectivity index (χ4v) is 3.47. The molecule has 0 saturated carbocycles. The maximum absolute atomic E-state index is 12.0. The van der Waals surface area contributed by atoms with Crippen LogP contribution in [0.4, 0.5) is 5.82 Å². The predicted molar refractivity (Wildman–Crippen MR) is 114 cm³/mol. The summed E-state index contributed by atoms with van der Waals surface area (Å²) in [4.78, 5) is 24.5. The average Bonchev–Trinajstić information content (AvgIpc) is 3.08. The van der Waals surface area contributed by atoms with E-state index in [1.807, 2.05) is 43.3 Å². The summed E-state index contributed by atoms with van der Waals surface area (Å²) in [5, 5.41) is 4.08. The molecule has 2 aromatic heterocycles. The van der Waals surface area contributed by atoms with Crippen molar-refractivity contribution in [3.63, 3.8) is 0 Å². The number of benzene rings is 2. The number of fused-ring (bicyclic) bond motifs is 1. The van der Waals surface area contributed by atoms with E-state index < -0.39 is 5.91 Å². The minimum absolute atomic E-state index is 0.316. The Morgan fingerprint density at radius 1 is 1.14 bits per heavy atom. The van der Waals surface area contributed by atoms with Crippen LogP contribution < -0.4 is 16.8 Å². The fraction of sp³-hybridized carbons (Fsp3) is 0.136. The van der Waals surface area contributed by atoms with E-state index in [0.29, 0.717) is 30.3 Å². The number of nitrogens with two attached hydrogens (primary N) is 2. The minimum Gasteiger partial charge on any atom is -0.366 e. The van der Waals surface area contributed by atoms with Gasteiger partial charge in [-0.25, -0.2) is 9.97 Å². The highest BCUT2D eigenvalue weighted by Gasteiger charge is 2.19. The second-order valence-corrected chi connectivity index (χ2v) is 6.83. The molecule has 0 bridgehead atoms. The van der Waals surface area contributed by atoms with Crippen molar-refractivity contribution in [2.24, 2.45) is 11.5 Å². The quantitative estimate of drug-likeness (QED) is 0.405. The van der Waals surface area contributed by atoms with Gasteiger partial charge in [-0.2, -0.15) is 0 Å². The lowest BCUT2D eigenvalue weighted by atomic mass is 10.0. The molecule has 0 aliphatic heterocycles. The predicted octanol–water partition coefficient (Wildman–Crippen LogP) is 3.10. The van der Waals surface area contributed by atoms with E-state index in [9.17, 15) is 4.79 Å². The fourth-order valence-electron chi connectivity index (χ4n) is 3.47. The number of aromatic amines is 1. The number of anilines is 1. The molecule has 0 aliphatic rings. The molecule has 4 rings (SSSR count). The van der Waals surface area contributed by atoms with Crippen LogP contribution >= 0.6 is 0 Å². The van der Waals surface area contributed by atoms with Crippen molar-refractivity contribution in [1.29, 1.82) is 0 Å². The van der Waals surface area contributed by atoms with Crippen LogP contribution in [-0.2, 0) is 13.1 Å². The van der Waals surface area contributed by atoms with Crippen LogP contribution in [-0.4, -0.2) is 20.9 Å². The molecule has 4 aromatic rings. The SMILES string of the molecule is Cc1[nH]c2cccc(C(N)=O)c2c1-c1ncc(CN)c(NCc2ccccc2)n1. The number of primary amides is 1. The summed E-state index contributed by atoms with van der Waals surface area (Å²) >= 11 is 0. The molecule has 0 fully saturated rings. The maximum atomic E-state index is 12.0. The van der Waals surface area contributed by atoms with Gasteiger partial charge in [0.15, 0.2) is 5.82 Å². The molecular formula is C22H22N6O. The zero-order valence-electron chi connectivity index (χ0n) is 16.1. The van der Waals surface area contributed by atoms with Gasteiger partial charge >= 0.3 is 0 Å². The molecule has 6 N–H and O–H groups in total. The van der Waals surface area contributed by atoms with Gasteiger partial charge in [-0.05, 0) is 24.6 Å². The van der Waals surface area contributed by atoms with Crippen LogP contribution in [0.2, 0.25) is 0 Å². The summed E-state index contributed by atoms with van der Waals surface area (Å²) in [6.07, 6.45) is 1.72. The van der Waals surface area contributed by atoms with Crippen molar-refractivity contribution < 1.29 is 4.79 Å². The third-order valence-corrected chi connectivity index (χ3v) is 4.89. The van der Waals surface area contributed by atoms with E-state index in [1.54, 1.807) is 18.3 Å². The Morgan fingerprint density at radius 2 is 1.93 bits per heavy atom. The number of aromatic nitrogens is 3. The van der Waals surface area contributed by atoms with Crippen LogP contribution in [0, 0.1) is 6.92 Å². The lowest BCUT2D eigenvalue weighted by Crippen LogP contribution is -2.12. The highest BCUT2D eigenvalue weighted by molar-refractivity contribution is 6.11. The number of amides is 1. The van der Waals surface area contributed by atoms with Gasteiger partial charge in [-0.1, -0.05) is 36.4 Å². The van der Waals surface area contributed by atoms with E-state index >= 15 is 0 Å². The van der Waals surface area contributed by atoms with E-state index in [2.05, 4.69) is 15.3 Å². The third-order valence-electron chi connectivity index (χ3n) is 4.89. The van der Waals surface area contributed by atoms with Gasteiger partial charge in [0.2, 0.25) is 5.91 Å². The molecule has 0 radical (unpaired) electrons. The lowest BCUT2D eigenvalue weighted by molar-refractivity contribution is 0.100. The number of nitrogens with zero attached hydrogens (tertiary/aromatic N) is 2. The number of aryl methyl sites for hydroxylation is 1. The van der Waals surface area contributed by atoms with Gasteiger partial charge in [-0.15, -0.1) is 0 Å². The molecule has 0 unspecified atom stereocenters. The van der Waals surface area contributed by atoms with Crippen molar-refractivity contribution in [3.8, 4) is 11.4 Å². The van der Waals surface area contributed by atoms with Crippen molar-refractivity contribution in [3.05, 3.63) is 77.1 Å². The Bertz CT molecular complexity index is 1180. The Morgan fingerprint density at radius 3 is 2.66 bits per heavy atom. The first-order valence-corrected chi connectivity index (χ1v) is 9.33. The number of hydrogen-bond donors (Lipinski definition) is 4. The first-order valence-electron chi connectivity index (χ1n) is 9.33. The normalized spacial score (nSPS) is 11.0. The Balaban J connectivity index is 1.80. The van der Waals surface area contributed by atoms with Crippen molar-refractivity contribution in [2.75, 3.05) is 5.32 Å². The molecule has 29 heavy (non-hydrogen) atoms. The van der Waals surface area contributed by atoms with E-state index in [-0.39, 0.29) is 0 Å². The molecular weight excluding hydrogens is 364 g/mol. The summed E-state index contributed by atoms with van der Waals surface area (Å²) in [6, 6.07) is 15.5. The Kier molecular flexibility index (Phi) is 4.97. The largest absolute Gasteiger partial charge is 0.366 e. The molecule has 1 amide bonds. The van der Waals surface area contributed by atoms with E-state index in [4.69, 9.17) is 16.5 Å². The highest BCUT2D eigenvalue weighted by atomic mass is 16.1. The van der Waals surface area contributed by atoms with E-state index in [0.717, 1.165) is 33.3 Å². The molecule has 0 saturated heterocycles. The first kappa shape index (κ1) is 18.6. The molecule has 7 nitrogen and oxygen atoms in total. The van der Waals surface area contributed by atoms with Crippen molar-refractivity contribution in [1.82, 2.24) is 15.0 Å². The topological polar surface area (TPSA) is 123 Å². The zero-order valence-corrected chi connectivity index (χ0v) is 16.1. The standard InChI is InChI=1S/C22H22N6O/c1-13-18(19-16(20(24)29)8-5-9-17(19)27-13)22-26-12-15(10-23)21(28-22)25-11-14-6-3-2-4-7-14/h2-9,12,27H,10-11,23H2,1H3,(H2,24,29)(H,25,26,28). The molecule has 0 aliphatic carbocycles. The molecule has 7 heteroatoms. The van der Waals surface area contributed by atoms with Crippen LogP contribution in [0.5, 0.6) is 0 Å². The maximum Gasteiger partial charge on any atom is 0.249 e. The minimum atomic E-state index is -0.489. The molecule has 0 atom stereocenters. The summed E-state index contributed by atoms with van der Waals surface area (Å²) < 4.78 is 0. The van der Waals surface area contributed by atoms with Gasteiger partial charge in [0, 0.05) is 52.6 Å². The second kappa shape index (κ2) is 7.73. The number of H-pyrrole nitrogens is 1. The highest BCUT2D eigenvalue weighted by Crippen LogP contribution is 2.33. The van der Waals surface area contributed by atoms with Gasteiger partial charge < -0.3 is 21.8 Å². The summed E-state index contributed by atoms with van der Waals surface area (Å²) in [6.45, 7) is 2.86. The number of carbonyl (C=O) groups excluding carboxylic acids is 1. The van der Waals surface area contributed by atoms with E-state index in [1.165, 1.54) is 0 Å². The van der Waals surface area contributed by atoms with Crippen molar-refractivity contribution in [2.45, 2.75) is 20.0 Å². The number of rotatable bonds is 6. The van der Waals surface area contributed by atoms with Gasteiger partial charge in [0.1, 0.15) is 5.82 Å². The number of carbonyl (C=O) groups is 1. The van der Waals surface area contributed by atoms with Gasteiger partial charge in [0.25, 0.3) is 0 Å². The molecule has 2 aromatic carbocycles. The molecule has 2 heterocycles. The van der Waals surface area contributed by atoms with Crippen LogP contribution in [0.25, 0.3) is 22.3 Å². The lowest BCUT2D eigenvalue weighted by Gasteiger charge is -2.12. The van der Waals surface area contributed by atoms with Crippen LogP contribution in [0.15, 0.2) is 54.7 Å². The summed E-state index contributed by atoms with van der Waals surface area (Å²) in [7, 11) is 0. The molecule has 146 valence electrons. The van der Waals surface area contributed by atoms with Gasteiger partial charge in [0.05, 0.1) is 0 Å². The van der Waals surface area contributed by atoms with Crippen LogP contribution in [0.3, 0.4) is 0 Å². The third kappa shape index (κ3) is 3.55. The van der Waals surface area contributed by atoms with Gasteiger partial charge in [-0.3, -0.25) is 4.79 Å². The average molecular weight is 386 g/mol. The summed E-state index contributed by atoms with van der Waals surface area (Å²) in [5.74, 6) is 0.693. The monoisotopic (exact) mass is 386 g/mol. The smallest absolute Gasteiger partial charge is 0.249 e. The first-order chi connectivity index (χ1) is 14.1.